The van der Waals surface area contributed by atoms with Gasteiger partial charge in [-0.2, -0.15) is 0 Å². The van der Waals surface area contributed by atoms with Gasteiger partial charge in [0.15, 0.2) is 0 Å². The summed E-state index contributed by atoms with van der Waals surface area (Å²) < 4.78 is 5.05. The Kier molecular flexibility index (Phi) is 5.82. The minimum Gasteiger partial charge on any atom is -0.367 e. The molecule has 3 N–H and O–H groups in total. The van der Waals surface area contributed by atoms with Crippen molar-refractivity contribution in [3.05, 3.63) is 22.6 Å². The number of hydrogen-bond donors (Lipinski definition) is 2. The molecule has 2 aromatic heterocycles. The lowest BCUT2D eigenvalue weighted by Crippen LogP contribution is -2.33. The number of nitrogens with zero attached hydrogens (tertiary/aromatic N) is 1. The van der Waals surface area contributed by atoms with Gasteiger partial charge in [-0.3, -0.25) is 4.79 Å². The summed E-state index contributed by atoms with van der Waals surface area (Å²) in [5, 5.41) is 6.96. The predicted octanol–water partition coefficient (Wildman–Crippen LogP) is 4.24. The fourth-order valence-corrected chi connectivity index (χ4v) is 3.31. The highest BCUT2D eigenvalue weighted by Crippen LogP contribution is 2.32. The second-order valence-corrected chi connectivity index (χ2v) is 7.67. The molecule has 5 nitrogen and oxygen atoms in total. The standard InChI is InChI=1S/C17H25N3O2S/c1-10(2)6-5-7-11(3)19-17(21)14-15(20-22-16(14)18)13-9-8-12(4)23-13/h8-11H,5-7,18H2,1-4H3,(H,19,21). The third kappa shape index (κ3) is 4.58. The van der Waals surface area contributed by atoms with E-state index in [1.807, 2.05) is 26.0 Å². The van der Waals surface area contributed by atoms with E-state index in [0.29, 0.717) is 17.2 Å². The van der Waals surface area contributed by atoms with Gasteiger partial charge >= 0.3 is 0 Å². The minimum absolute atomic E-state index is 0.0675. The van der Waals surface area contributed by atoms with Crippen molar-refractivity contribution >= 4 is 23.1 Å². The molecule has 0 spiro atoms. The van der Waals surface area contributed by atoms with Crippen molar-refractivity contribution in [2.75, 3.05) is 5.73 Å². The van der Waals surface area contributed by atoms with Gasteiger partial charge in [-0.1, -0.05) is 31.8 Å². The molecule has 0 saturated carbocycles. The van der Waals surface area contributed by atoms with Gasteiger partial charge in [0.2, 0.25) is 5.88 Å². The summed E-state index contributed by atoms with van der Waals surface area (Å²) in [4.78, 5) is 14.6. The quantitative estimate of drug-likeness (QED) is 0.793. The van der Waals surface area contributed by atoms with Crippen LogP contribution in [0.3, 0.4) is 0 Å². The molecule has 0 aliphatic rings. The smallest absolute Gasteiger partial charge is 0.259 e. The third-order valence-electron chi connectivity index (χ3n) is 3.72. The monoisotopic (exact) mass is 335 g/mol. The number of nitrogens with one attached hydrogen (secondary N) is 1. The molecule has 126 valence electrons. The summed E-state index contributed by atoms with van der Waals surface area (Å²) in [5.74, 6) is 0.528. The van der Waals surface area contributed by atoms with E-state index in [4.69, 9.17) is 10.3 Å². The molecule has 1 atom stereocenters. The molecule has 2 aromatic rings. The van der Waals surface area contributed by atoms with Gasteiger partial charge < -0.3 is 15.6 Å². The summed E-state index contributed by atoms with van der Waals surface area (Å²) >= 11 is 1.56. The highest BCUT2D eigenvalue weighted by molar-refractivity contribution is 7.15. The van der Waals surface area contributed by atoms with Crippen LogP contribution < -0.4 is 11.1 Å². The fourth-order valence-electron chi connectivity index (χ4n) is 2.45. The number of rotatable bonds is 7. The average Bonchev–Trinajstić information content (AvgIpc) is 3.04. The molecule has 0 saturated heterocycles. The van der Waals surface area contributed by atoms with Crippen molar-refractivity contribution in [1.29, 1.82) is 0 Å². The van der Waals surface area contributed by atoms with E-state index in [1.165, 1.54) is 0 Å². The van der Waals surface area contributed by atoms with Gasteiger partial charge in [-0.25, -0.2) is 0 Å². The van der Waals surface area contributed by atoms with E-state index in [9.17, 15) is 4.79 Å². The van der Waals surface area contributed by atoms with Crippen molar-refractivity contribution in [3.8, 4) is 10.6 Å². The Hall–Kier alpha value is -1.82. The van der Waals surface area contributed by atoms with E-state index in [0.717, 1.165) is 29.0 Å². The number of aromatic nitrogens is 1. The van der Waals surface area contributed by atoms with Crippen LogP contribution in [-0.4, -0.2) is 17.1 Å². The Morgan fingerprint density at radius 1 is 1.35 bits per heavy atom. The minimum atomic E-state index is -0.221. The molecule has 1 unspecified atom stereocenters. The van der Waals surface area contributed by atoms with Gasteiger partial charge in [0.25, 0.3) is 5.91 Å². The average molecular weight is 335 g/mol. The maximum Gasteiger partial charge on any atom is 0.259 e. The first kappa shape index (κ1) is 17.5. The molecule has 1 amide bonds. The van der Waals surface area contributed by atoms with Gasteiger partial charge in [0, 0.05) is 10.9 Å². The lowest BCUT2D eigenvalue weighted by Gasteiger charge is -2.14. The van der Waals surface area contributed by atoms with Crippen LogP contribution in [-0.2, 0) is 0 Å². The van der Waals surface area contributed by atoms with Crippen molar-refractivity contribution < 1.29 is 9.32 Å². The van der Waals surface area contributed by atoms with Crippen LogP contribution in [0.25, 0.3) is 10.6 Å². The van der Waals surface area contributed by atoms with E-state index >= 15 is 0 Å². The zero-order chi connectivity index (χ0) is 17.0. The van der Waals surface area contributed by atoms with Crippen molar-refractivity contribution in [3.63, 3.8) is 0 Å². The molecule has 0 bridgehead atoms. The lowest BCUT2D eigenvalue weighted by atomic mass is 10.0. The van der Waals surface area contributed by atoms with Crippen LogP contribution in [0.5, 0.6) is 0 Å². The first-order valence-electron chi connectivity index (χ1n) is 8.01. The summed E-state index contributed by atoms with van der Waals surface area (Å²) in [6.45, 7) is 8.43. The van der Waals surface area contributed by atoms with E-state index in [-0.39, 0.29) is 17.8 Å². The third-order valence-corrected chi connectivity index (χ3v) is 4.72. The van der Waals surface area contributed by atoms with Crippen molar-refractivity contribution in [2.24, 2.45) is 5.92 Å². The number of thiophene rings is 1. The van der Waals surface area contributed by atoms with Gasteiger partial charge in [-0.15, -0.1) is 11.3 Å². The van der Waals surface area contributed by atoms with E-state index in [2.05, 4.69) is 24.3 Å². The van der Waals surface area contributed by atoms with Crippen LogP contribution in [0.1, 0.15) is 55.3 Å². The number of nitrogen functional groups attached to an aromatic ring is 1. The molecular weight excluding hydrogens is 310 g/mol. The summed E-state index contributed by atoms with van der Waals surface area (Å²) in [6.07, 6.45) is 3.20. The largest absolute Gasteiger partial charge is 0.367 e. The molecule has 0 aliphatic carbocycles. The van der Waals surface area contributed by atoms with Crippen LogP contribution in [0.15, 0.2) is 16.7 Å². The van der Waals surface area contributed by atoms with Crippen LogP contribution in [0.4, 0.5) is 5.88 Å². The molecule has 2 heterocycles. The fraction of sp³-hybridized carbons (Fsp3) is 0.529. The molecule has 0 aromatic carbocycles. The van der Waals surface area contributed by atoms with Gasteiger partial charge in [-0.05, 0) is 38.3 Å². The normalized spacial score (nSPS) is 12.6. The highest BCUT2D eigenvalue weighted by Gasteiger charge is 2.24. The second kappa shape index (κ2) is 7.64. The number of amides is 1. The number of anilines is 1. The van der Waals surface area contributed by atoms with E-state index in [1.54, 1.807) is 11.3 Å². The Morgan fingerprint density at radius 3 is 2.70 bits per heavy atom. The summed E-state index contributed by atoms with van der Waals surface area (Å²) in [6, 6.07) is 4.01. The van der Waals surface area contributed by atoms with Gasteiger partial charge in [0.05, 0.1) is 4.88 Å². The zero-order valence-electron chi connectivity index (χ0n) is 14.2. The molecule has 0 aliphatic heterocycles. The Bertz CT molecular complexity index is 661. The summed E-state index contributed by atoms with van der Waals surface area (Å²) in [7, 11) is 0. The zero-order valence-corrected chi connectivity index (χ0v) is 15.0. The highest BCUT2D eigenvalue weighted by atomic mass is 32.1. The lowest BCUT2D eigenvalue weighted by molar-refractivity contribution is 0.0939. The number of carbonyl (C=O) groups excluding carboxylic acids is 1. The molecule has 2 rings (SSSR count). The van der Waals surface area contributed by atoms with E-state index < -0.39 is 0 Å². The first-order chi connectivity index (χ1) is 10.9. The number of nitrogens with two attached hydrogens (primary N) is 1. The van der Waals surface area contributed by atoms with Crippen LogP contribution >= 0.6 is 11.3 Å². The van der Waals surface area contributed by atoms with Gasteiger partial charge in [0.1, 0.15) is 11.3 Å². The summed E-state index contributed by atoms with van der Waals surface area (Å²) in [5.41, 5.74) is 6.67. The Balaban J connectivity index is 2.06. The van der Waals surface area contributed by atoms with Crippen molar-refractivity contribution in [1.82, 2.24) is 10.5 Å². The maximum atomic E-state index is 12.5. The van der Waals surface area contributed by atoms with Crippen LogP contribution in [0, 0.1) is 12.8 Å². The topological polar surface area (TPSA) is 81.2 Å². The second-order valence-electron chi connectivity index (χ2n) is 6.38. The maximum absolute atomic E-state index is 12.5. The Morgan fingerprint density at radius 2 is 2.09 bits per heavy atom. The Labute approximate surface area is 141 Å². The number of carbonyl (C=O) groups is 1. The number of hydrogen-bond acceptors (Lipinski definition) is 5. The van der Waals surface area contributed by atoms with Crippen LogP contribution in [0.2, 0.25) is 0 Å². The molecule has 6 heteroatoms. The van der Waals surface area contributed by atoms with Crippen molar-refractivity contribution in [2.45, 2.75) is 53.0 Å². The SMILES string of the molecule is Cc1ccc(-c2noc(N)c2C(=O)NC(C)CCCC(C)C)s1. The predicted molar refractivity (Wildman–Crippen MR) is 94.6 cm³/mol. The molecule has 0 radical (unpaired) electrons. The first-order valence-corrected chi connectivity index (χ1v) is 8.83. The molecule has 0 fully saturated rings. The molecule has 23 heavy (non-hydrogen) atoms. The molecular formula is C17H25N3O2S. The number of aryl methyl sites for hydroxylation is 1.